The first-order valence-electron chi connectivity index (χ1n) is 6.02. The van der Waals surface area contributed by atoms with Gasteiger partial charge in [-0.3, -0.25) is 9.59 Å². The van der Waals surface area contributed by atoms with E-state index in [9.17, 15) is 14.4 Å². The quantitative estimate of drug-likeness (QED) is 0.794. The van der Waals surface area contributed by atoms with Gasteiger partial charge in [-0.2, -0.15) is 0 Å². The Kier molecular flexibility index (Phi) is 3.99. The third kappa shape index (κ3) is 3.24. The van der Waals surface area contributed by atoms with Gasteiger partial charge < -0.3 is 16.2 Å². The molecule has 0 heterocycles. The minimum Gasteiger partial charge on any atom is -0.478 e. The van der Waals surface area contributed by atoms with Crippen LogP contribution in [0.5, 0.6) is 0 Å². The molecule has 2 aromatic carbocycles. The number of carbonyl (C=O) groups is 3. The first kappa shape index (κ1) is 14.3. The first-order valence-corrected chi connectivity index (χ1v) is 6.02. The Morgan fingerprint density at radius 1 is 0.952 bits per heavy atom. The second-order valence-corrected chi connectivity index (χ2v) is 4.25. The molecule has 0 aliphatic carbocycles. The number of benzene rings is 2. The Labute approximate surface area is 120 Å². The number of rotatable bonds is 4. The zero-order valence-corrected chi connectivity index (χ0v) is 10.9. The molecule has 2 aromatic rings. The molecule has 2 amide bonds. The summed E-state index contributed by atoms with van der Waals surface area (Å²) in [5.74, 6) is -2.38. The number of amides is 2. The van der Waals surface area contributed by atoms with Gasteiger partial charge in [0.25, 0.3) is 5.91 Å². The lowest BCUT2D eigenvalue weighted by atomic mass is 10.1. The zero-order valence-electron chi connectivity index (χ0n) is 10.9. The Morgan fingerprint density at radius 3 is 2.24 bits per heavy atom. The van der Waals surface area contributed by atoms with Crippen LogP contribution in [-0.4, -0.2) is 22.9 Å². The Hall–Kier alpha value is -3.15. The summed E-state index contributed by atoms with van der Waals surface area (Å²) < 4.78 is 0. The lowest BCUT2D eigenvalue weighted by Gasteiger charge is -2.08. The highest BCUT2D eigenvalue weighted by molar-refractivity contribution is 6.11. The van der Waals surface area contributed by atoms with Gasteiger partial charge in [0.05, 0.1) is 11.1 Å². The van der Waals surface area contributed by atoms with Crippen molar-refractivity contribution in [2.24, 2.45) is 5.73 Å². The molecule has 0 bridgehead atoms. The van der Waals surface area contributed by atoms with Crippen LogP contribution in [0, 0.1) is 0 Å². The molecular formula is C15H12N2O4. The van der Waals surface area contributed by atoms with Crippen LogP contribution in [0.4, 0.5) is 5.69 Å². The fourth-order valence-electron chi connectivity index (χ4n) is 1.82. The standard InChI is InChI=1S/C15H12N2O4/c16-13(18)9-4-3-5-10(8-9)17-14(19)11-6-1-2-7-12(11)15(20)21/h1-8H,(H2,16,18)(H,17,19)(H,20,21). The number of anilines is 1. The third-order valence-electron chi connectivity index (χ3n) is 2.81. The van der Waals surface area contributed by atoms with E-state index in [1.165, 1.54) is 30.3 Å². The van der Waals surface area contributed by atoms with Crippen LogP contribution in [0.3, 0.4) is 0 Å². The SMILES string of the molecule is NC(=O)c1cccc(NC(=O)c2ccccc2C(=O)O)c1. The Balaban J connectivity index is 2.28. The number of carboxylic acid groups (broad SMARTS) is 1. The van der Waals surface area contributed by atoms with Crippen LogP contribution >= 0.6 is 0 Å². The molecule has 2 rings (SSSR count). The van der Waals surface area contributed by atoms with E-state index >= 15 is 0 Å². The number of carbonyl (C=O) groups excluding carboxylic acids is 2. The van der Waals surface area contributed by atoms with Crippen LogP contribution in [0.25, 0.3) is 0 Å². The van der Waals surface area contributed by atoms with Crippen molar-refractivity contribution in [3.8, 4) is 0 Å². The van der Waals surface area contributed by atoms with Gasteiger partial charge in [-0.1, -0.05) is 18.2 Å². The van der Waals surface area contributed by atoms with Gasteiger partial charge in [0.1, 0.15) is 0 Å². The lowest BCUT2D eigenvalue weighted by molar-refractivity contribution is 0.0692. The minimum absolute atomic E-state index is 0.0366. The molecule has 0 aliphatic rings. The molecule has 4 N–H and O–H groups in total. The molecule has 6 nitrogen and oxygen atoms in total. The summed E-state index contributed by atoms with van der Waals surface area (Å²) in [6, 6.07) is 11.9. The number of hydrogen-bond donors (Lipinski definition) is 3. The third-order valence-corrected chi connectivity index (χ3v) is 2.81. The van der Waals surface area contributed by atoms with Gasteiger partial charge in [-0.25, -0.2) is 4.79 Å². The first-order chi connectivity index (χ1) is 9.99. The van der Waals surface area contributed by atoms with E-state index in [1.807, 2.05) is 0 Å². The number of nitrogens with two attached hydrogens (primary N) is 1. The summed E-state index contributed by atoms with van der Waals surface area (Å²) in [5.41, 5.74) is 5.71. The Bertz CT molecular complexity index is 725. The summed E-state index contributed by atoms with van der Waals surface area (Å²) in [6.07, 6.45) is 0. The number of aromatic carboxylic acids is 1. The molecule has 21 heavy (non-hydrogen) atoms. The summed E-state index contributed by atoms with van der Waals surface area (Å²) in [4.78, 5) is 34.3. The van der Waals surface area contributed by atoms with Gasteiger partial charge in [0.15, 0.2) is 0 Å². The highest BCUT2D eigenvalue weighted by Crippen LogP contribution is 2.14. The van der Waals surface area contributed by atoms with E-state index < -0.39 is 17.8 Å². The van der Waals surface area contributed by atoms with Gasteiger partial charge in [-0.15, -0.1) is 0 Å². The molecule has 6 heteroatoms. The van der Waals surface area contributed by atoms with Crippen molar-refractivity contribution in [3.63, 3.8) is 0 Å². The highest BCUT2D eigenvalue weighted by atomic mass is 16.4. The van der Waals surface area contributed by atoms with E-state index in [4.69, 9.17) is 10.8 Å². The maximum Gasteiger partial charge on any atom is 0.336 e. The predicted octanol–water partition coefficient (Wildman–Crippen LogP) is 1.74. The second kappa shape index (κ2) is 5.87. The molecule has 0 saturated carbocycles. The number of hydrogen-bond acceptors (Lipinski definition) is 3. The highest BCUT2D eigenvalue weighted by Gasteiger charge is 2.16. The van der Waals surface area contributed by atoms with Gasteiger partial charge in [0.2, 0.25) is 5.91 Å². The number of carboxylic acids is 1. The van der Waals surface area contributed by atoms with E-state index in [-0.39, 0.29) is 16.7 Å². The molecule has 0 spiro atoms. The average Bonchev–Trinajstić information content (AvgIpc) is 2.47. The van der Waals surface area contributed by atoms with Crippen molar-refractivity contribution < 1.29 is 19.5 Å². The molecule has 0 unspecified atom stereocenters. The maximum atomic E-state index is 12.1. The van der Waals surface area contributed by atoms with Crippen LogP contribution in [-0.2, 0) is 0 Å². The van der Waals surface area contributed by atoms with Crippen molar-refractivity contribution in [2.75, 3.05) is 5.32 Å². The molecule has 106 valence electrons. The lowest BCUT2D eigenvalue weighted by Crippen LogP contribution is -2.17. The molecule has 0 saturated heterocycles. The van der Waals surface area contributed by atoms with Gasteiger partial charge in [0, 0.05) is 11.3 Å². The van der Waals surface area contributed by atoms with Gasteiger partial charge >= 0.3 is 5.97 Å². The van der Waals surface area contributed by atoms with E-state index in [2.05, 4.69) is 5.32 Å². The van der Waals surface area contributed by atoms with E-state index in [1.54, 1.807) is 18.2 Å². The topological polar surface area (TPSA) is 109 Å². The van der Waals surface area contributed by atoms with Crippen LogP contribution in [0.2, 0.25) is 0 Å². The van der Waals surface area contributed by atoms with Crippen molar-refractivity contribution in [1.82, 2.24) is 0 Å². The molecular weight excluding hydrogens is 272 g/mol. The van der Waals surface area contributed by atoms with Crippen molar-refractivity contribution in [1.29, 1.82) is 0 Å². The molecule has 0 fully saturated rings. The van der Waals surface area contributed by atoms with Crippen molar-refractivity contribution >= 4 is 23.5 Å². The van der Waals surface area contributed by atoms with Crippen molar-refractivity contribution in [2.45, 2.75) is 0 Å². The summed E-state index contributed by atoms with van der Waals surface area (Å²) in [6.45, 7) is 0. The molecule has 0 aliphatic heterocycles. The second-order valence-electron chi connectivity index (χ2n) is 4.25. The zero-order chi connectivity index (χ0) is 15.4. The molecule has 0 radical (unpaired) electrons. The molecule has 0 atom stereocenters. The predicted molar refractivity (Wildman–Crippen MR) is 76.3 cm³/mol. The average molecular weight is 284 g/mol. The maximum absolute atomic E-state index is 12.1. The molecule has 0 aromatic heterocycles. The summed E-state index contributed by atoms with van der Waals surface area (Å²) in [7, 11) is 0. The fraction of sp³-hybridized carbons (Fsp3) is 0. The van der Waals surface area contributed by atoms with Gasteiger partial charge in [-0.05, 0) is 30.3 Å². The van der Waals surface area contributed by atoms with Crippen LogP contribution < -0.4 is 11.1 Å². The summed E-state index contributed by atoms with van der Waals surface area (Å²) >= 11 is 0. The minimum atomic E-state index is -1.19. The smallest absolute Gasteiger partial charge is 0.336 e. The fourth-order valence-corrected chi connectivity index (χ4v) is 1.82. The number of nitrogens with one attached hydrogen (secondary N) is 1. The summed E-state index contributed by atoms with van der Waals surface area (Å²) in [5, 5.41) is 11.6. The largest absolute Gasteiger partial charge is 0.478 e. The van der Waals surface area contributed by atoms with Crippen LogP contribution in [0.1, 0.15) is 31.1 Å². The Morgan fingerprint density at radius 2 is 1.62 bits per heavy atom. The van der Waals surface area contributed by atoms with E-state index in [0.29, 0.717) is 5.69 Å². The number of primary amides is 1. The van der Waals surface area contributed by atoms with Crippen LogP contribution in [0.15, 0.2) is 48.5 Å². The van der Waals surface area contributed by atoms with Crippen molar-refractivity contribution in [3.05, 3.63) is 65.2 Å². The van der Waals surface area contributed by atoms with E-state index in [0.717, 1.165) is 0 Å². The monoisotopic (exact) mass is 284 g/mol. The normalized spacial score (nSPS) is 9.90.